The molecular weight excluding hydrogens is 528 g/mol. The Morgan fingerprint density at radius 2 is 1.82 bits per heavy atom. The number of aromatic hydroxyl groups is 1. The average Bonchev–Trinajstić information content (AvgIpc) is 2.92. The van der Waals surface area contributed by atoms with Gasteiger partial charge in [-0.3, -0.25) is 4.79 Å². The molecule has 0 bridgehead atoms. The van der Waals surface area contributed by atoms with Crippen LogP contribution >= 0.6 is 11.6 Å². The summed E-state index contributed by atoms with van der Waals surface area (Å²) in [6, 6.07) is 13.6. The SMILES string of the molecule is C=C(F)C(=O)N1CCN(c2nc(OC)nc3c(F)c(-c4cc(O)cc5ccccc45)c(Cl)cc23)CC1.CC#N. The van der Waals surface area contributed by atoms with Gasteiger partial charge in [-0.2, -0.15) is 15.2 Å². The normalized spacial score (nSPS) is 13.0. The molecule has 0 radical (unpaired) electrons. The maximum Gasteiger partial charge on any atom is 0.318 e. The van der Waals surface area contributed by atoms with Crippen molar-refractivity contribution in [2.24, 2.45) is 0 Å². The molecule has 11 heteroatoms. The van der Waals surface area contributed by atoms with Gasteiger partial charge in [0.15, 0.2) is 11.6 Å². The second kappa shape index (κ2) is 11.5. The van der Waals surface area contributed by atoms with Gasteiger partial charge in [0.1, 0.15) is 17.1 Å². The first kappa shape index (κ1) is 27.5. The van der Waals surface area contributed by atoms with Crippen molar-refractivity contribution in [2.45, 2.75) is 6.92 Å². The largest absolute Gasteiger partial charge is 0.508 e. The number of rotatable bonds is 4. The summed E-state index contributed by atoms with van der Waals surface area (Å²) in [4.78, 5) is 23.8. The van der Waals surface area contributed by atoms with E-state index in [1.54, 1.807) is 18.2 Å². The molecule has 8 nitrogen and oxygen atoms in total. The van der Waals surface area contributed by atoms with Crippen molar-refractivity contribution in [1.29, 1.82) is 5.26 Å². The molecule has 4 aromatic rings. The maximum absolute atomic E-state index is 16.2. The summed E-state index contributed by atoms with van der Waals surface area (Å²) in [6.45, 7) is 5.62. The first-order valence-corrected chi connectivity index (χ1v) is 12.2. The van der Waals surface area contributed by atoms with Crippen LogP contribution < -0.4 is 9.64 Å². The van der Waals surface area contributed by atoms with Crippen molar-refractivity contribution >= 4 is 45.0 Å². The Kier molecular flexibility index (Phi) is 8.12. The number of carbonyl (C=O) groups excluding carboxylic acids is 1. The number of methoxy groups -OCH3 is 1. The van der Waals surface area contributed by atoms with Crippen LogP contribution in [0.3, 0.4) is 0 Å². The van der Waals surface area contributed by atoms with E-state index in [-0.39, 0.29) is 41.0 Å². The molecule has 3 aromatic carbocycles. The van der Waals surface area contributed by atoms with Crippen molar-refractivity contribution in [3.63, 3.8) is 0 Å². The van der Waals surface area contributed by atoms with Crippen LogP contribution in [0.5, 0.6) is 11.8 Å². The third-order valence-corrected chi connectivity index (χ3v) is 6.54. The van der Waals surface area contributed by atoms with Crippen LogP contribution in [0.4, 0.5) is 14.6 Å². The Morgan fingerprint density at radius 1 is 1.15 bits per heavy atom. The second-order valence-electron chi connectivity index (χ2n) is 8.60. The number of ether oxygens (including phenoxy) is 1. The number of amides is 1. The molecule has 1 aliphatic heterocycles. The number of hydrogen-bond donors (Lipinski definition) is 1. The van der Waals surface area contributed by atoms with E-state index in [0.717, 1.165) is 5.39 Å². The fourth-order valence-corrected chi connectivity index (χ4v) is 4.83. The zero-order valence-corrected chi connectivity index (χ0v) is 22.0. The lowest BCUT2D eigenvalue weighted by Gasteiger charge is -2.35. The summed E-state index contributed by atoms with van der Waals surface area (Å²) in [5, 5.41) is 19.5. The Hall–Kier alpha value is -4.49. The third kappa shape index (κ3) is 5.40. The molecule has 0 aliphatic carbocycles. The fraction of sp³-hybridized carbons (Fsp3) is 0.214. The highest BCUT2D eigenvalue weighted by Gasteiger charge is 2.27. The van der Waals surface area contributed by atoms with E-state index in [1.807, 2.05) is 29.2 Å². The van der Waals surface area contributed by atoms with Crippen molar-refractivity contribution in [2.75, 3.05) is 38.2 Å². The lowest BCUT2D eigenvalue weighted by atomic mass is 9.96. The number of aromatic nitrogens is 2. The summed E-state index contributed by atoms with van der Waals surface area (Å²) < 4.78 is 34.7. The molecule has 1 fully saturated rings. The molecular formula is C28H24ClF2N5O3. The first-order valence-electron chi connectivity index (χ1n) is 11.9. The highest BCUT2D eigenvalue weighted by molar-refractivity contribution is 6.35. The van der Waals surface area contributed by atoms with E-state index in [4.69, 9.17) is 21.6 Å². The summed E-state index contributed by atoms with van der Waals surface area (Å²) in [6.07, 6.45) is 0. The van der Waals surface area contributed by atoms with E-state index in [2.05, 4.69) is 16.5 Å². The van der Waals surface area contributed by atoms with E-state index >= 15 is 4.39 Å². The predicted molar refractivity (Wildman–Crippen MR) is 146 cm³/mol. The summed E-state index contributed by atoms with van der Waals surface area (Å²) >= 11 is 6.65. The first-order chi connectivity index (χ1) is 18.7. The van der Waals surface area contributed by atoms with Crippen LogP contribution in [-0.4, -0.2) is 59.2 Å². The molecule has 39 heavy (non-hydrogen) atoms. The molecule has 0 atom stereocenters. The third-order valence-electron chi connectivity index (χ3n) is 6.24. The molecule has 1 amide bonds. The monoisotopic (exact) mass is 551 g/mol. The van der Waals surface area contributed by atoms with Crippen LogP contribution in [0.1, 0.15) is 6.92 Å². The summed E-state index contributed by atoms with van der Waals surface area (Å²) in [5.41, 5.74) is 0.520. The quantitative estimate of drug-likeness (QED) is 0.328. The van der Waals surface area contributed by atoms with Crippen molar-refractivity contribution in [3.8, 4) is 29.0 Å². The minimum atomic E-state index is -1.02. The number of phenols is 1. The lowest BCUT2D eigenvalue weighted by Crippen LogP contribution is -2.49. The lowest BCUT2D eigenvalue weighted by molar-refractivity contribution is -0.128. The number of halogens is 3. The van der Waals surface area contributed by atoms with Crippen LogP contribution in [0.15, 0.2) is 54.9 Å². The molecule has 2 heterocycles. The average molecular weight is 552 g/mol. The number of anilines is 1. The topological polar surface area (TPSA) is 103 Å². The Morgan fingerprint density at radius 3 is 2.46 bits per heavy atom. The highest BCUT2D eigenvalue weighted by atomic mass is 35.5. The smallest absolute Gasteiger partial charge is 0.318 e. The van der Waals surface area contributed by atoms with Crippen molar-refractivity contribution in [3.05, 3.63) is 65.7 Å². The van der Waals surface area contributed by atoms with Gasteiger partial charge in [0, 0.05) is 44.1 Å². The zero-order chi connectivity index (χ0) is 28.3. The minimum absolute atomic E-state index is 0.000633. The molecule has 1 saturated heterocycles. The fourth-order valence-electron chi connectivity index (χ4n) is 4.53. The molecule has 1 aromatic heterocycles. The number of nitriles is 1. The van der Waals surface area contributed by atoms with Gasteiger partial charge >= 0.3 is 6.01 Å². The van der Waals surface area contributed by atoms with Gasteiger partial charge in [-0.15, -0.1) is 0 Å². The Labute approximate surface area is 228 Å². The predicted octanol–water partition coefficient (Wildman–Crippen LogP) is 5.62. The highest BCUT2D eigenvalue weighted by Crippen LogP contribution is 2.42. The molecule has 0 saturated carbocycles. The van der Waals surface area contributed by atoms with Crippen molar-refractivity contribution < 1.29 is 23.4 Å². The van der Waals surface area contributed by atoms with E-state index in [9.17, 15) is 14.3 Å². The molecule has 5 rings (SSSR count). The number of benzene rings is 3. The molecule has 0 unspecified atom stereocenters. The Balaban J connectivity index is 0.00000112. The summed E-state index contributed by atoms with van der Waals surface area (Å²) in [5.74, 6) is -2.09. The van der Waals surface area contributed by atoms with E-state index in [0.29, 0.717) is 35.2 Å². The van der Waals surface area contributed by atoms with Gasteiger partial charge in [0.25, 0.3) is 5.91 Å². The number of nitrogens with zero attached hydrogens (tertiary/aromatic N) is 5. The van der Waals surface area contributed by atoms with Gasteiger partial charge in [-0.25, -0.2) is 8.78 Å². The second-order valence-corrected chi connectivity index (χ2v) is 9.01. The number of carbonyl (C=O) groups is 1. The number of fused-ring (bicyclic) bond motifs is 2. The maximum atomic E-state index is 16.2. The molecule has 200 valence electrons. The van der Waals surface area contributed by atoms with Crippen molar-refractivity contribution in [1.82, 2.24) is 14.9 Å². The van der Waals surface area contributed by atoms with Crippen LogP contribution in [0.2, 0.25) is 5.02 Å². The number of piperazine rings is 1. The molecule has 1 N–H and O–H groups in total. The van der Waals surface area contributed by atoms with Gasteiger partial charge in [-0.1, -0.05) is 42.4 Å². The van der Waals surface area contributed by atoms with E-state index < -0.39 is 17.6 Å². The van der Waals surface area contributed by atoms with Crippen LogP contribution in [-0.2, 0) is 4.79 Å². The van der Waals surface area contributed by atoms with Gasteiger partial charge in [-0.05, 0) is 34.5 Å². The summed E-state index contributed by atoms with van der Waals surface area (Å²) in [7, 11) is 1.38. The van der Waals surface area contributed by atoms with E-state index in [1.165, 1.54) is 25.0 Å². The van der Waals surface area contributed by atoms with Crippen LogP contribution in [0.25, 0.3) is 32.8 Å². The number of hydrogen-bond acceptors (Lipinski definition) is 7. The standard InChI is InChI=1S/C26H21ClF2N4O3.C2H3N/c1-14(28)25(35)33-9-7-32(8-10-33)24-19-13-20(27)21(22(29)23(19)30-26(31-24)36-2)18-12-16(34)11-15-5-3-4-6-17(15)18;1-2-3/h3-6,11-13,34H,1,7-10H2,2H3;1H3. The van der Waals surface area contributed by atoms with Gasteiger partial charge < -0.3 is 19.6 Å². The van der Waals surface area contributed by atoms with Gasteiger partial charge in [0.05, 0.1) is 18.2 Å². The molecule has 1 aliphatic rings. The van der Waals surface area contributed by atoms with Gasteiger partial charge in [0.2, 0.25) is 0 Å². The minimum Gasteiger partial charge on any atom is -0.508 e. The zero-order valence-electron chi connectivity index (χ0n) is 21.2. The Bertz CT molecular complexity index is 1630. The van der Waals surface area contributed by atoms with Crippen LogP contribution in [0, 0.1) is 17.1 Å². The number of phenolic OH excluding ortho intramolecular Hbond substituents is 1. The molecule has 0 spiro atoms.